The molecule has 1 N–H and O–H groups in total. The molecule has 148 valence electrons. The zero-order valence-electron chi connectivity index (χ0n) is 16.3. The van der Waals surface area contributed by atoms with E-state index in [2.05, 4.69) is 22.8 Å². The number of hydrogen-bond acceptors (Lipinski definition) is 5. The first-order chi connectivity index (χ1) is 14.2. The molecule has 1 aliphatic rings. The average molecular weight is 389 g/mol. The molecular formula is C22H23N5O2. The van der Waals surface area contributed by atoms with Gasteiger partial charge < -0.3 is 9.84 Å². The monoisotopic (exact) mass is 389 g/mol. The van der Waals surface area contributed by atoms with Crippen LogP contribution in [0.15, 0.2) is 48.7 Å². The number of aromatic hydroxyl groups is 1. The highest BCUT2D eigenvalue weighted by atomic mass is 16.5. The Morgan fingerprint density at radius 2 is 1.86 bits per heavy atom. The number of rotatable bonds is 4. The lowest BCUT2D eigenvalue weighted by atomic mass is 10.1. The Bertz CT molecular complexity index is 1140. The van der Waals surface area contributed by atoms with Gasteiger partial charge in [0, 0.05) is 18.6 Å². The molecule has 5 rings (SSSR count). The van der Waals surface area contributed by atoms with E-state index in [9.17, 15) is 5.11 Å². The van der Waals surface area contributed by atoms with Crippen LogP contribution in [0.25, 0.3) is 28.1 Å². The number of pyridine rings is 1. The maximum Gasteiger partial charge on any atom is 0.159 e. The SMILES string of the molecule is CCc1nn(C2CCOCC2)c2nc(-c3ccnn3-c3ccc(O)cc3)ccc12. The fraction of sp³-hybridized carbons (Fsp3) is 0.318. The first kappa shape index (κ1) is 17.9. The number of nitrogens with zero attached hydrogens (tertiary/aromatic N) is 5. The van der Waals surface area contributed by atoms with Gasteiger partial charge >= 0.3 is 0 Å². The van der Waals surface area contributed by atoms with E-state index >= 15 is 0 Å². The predicted molar refractivity (Wildman–Crippen MR) is 110 cm³/mol. The van der Waals surface area contributed by atoms with Gasteiger partial charge in [-0.05, 0) is 61.7 Å². The fourth-order valence-electron chi connectivity index (χ4n) is 3.96. The molecule has 0 amide bonds. The van der Waals surface area contributed by atoms with Crippen molar-refractivity contribution in [2.24, 2.45) is 0 Å². The molecule has 0 saturated carbocycles. The summed E-state index contributed by atoms with van der Waals surface area (Å²) in [5.74, 6) is 0.231. The van der Waals surface area contributed by atoms with Gasteiger partial charge in [0.05, 0.1) is 35.0 Å². The van der Waals surface area contributed by atoms with E-state index in [1.807, 2.05) is 28.9 Å². The van der Waals surface area contributed by atoms with Gasteiger partial charge in [-0.2, -0.15) is 10.2 Å². The number of benzene rings is 1. The van der Waals surface area contributed by atoms with Gasteiger partial charge in [-0.25, -0.2) is 14.3 Å². The molecule has 0 bridgehead atoms. The highest BCUT2D eigenvalue weighted by Crippen LogP contribution is 2.29. The second kappa shape index (κ2) is 7.33. The molecule has 7 heteroatoms. The minimum Gasteiger partial charge on any atom is -0.508 e. The van der Waals surface area contributed by atoms with Crippen molar-refractivity contribution in [1.29, 1.82) is 0 Å². The molecule has 4 heterocycles. The van der Waals surface area contributed by atoms with Crippen LogP contribution >= 0.6 is 0 Å². The van der Waals surface area contributed by atoms with Gasteiger partial charge in [-0.3, -0.25) is 0 Å². The topological polar surface area (TPSA) is 78.0 Å². The quantitative estimate of drug-likeness (QED) is 0.573. The van der Waals surface area contributed by atoms with E-state index in [1.54, 1.807) is 18.3 Å². The number of phenolic OH excluding ortho intramolecular Hbond substituents is 1. The van der Waals surface area contributed by atoms with Crippen LogP contribution in [0.5, 0.6) is 5.75 Å². The van der Waals surface area contributed by atoms with Crippen LogP contribution in [0.2, 0.25) is 0 Å². The smallest absolute Gasteiger partial charge is 0.159 e. The molecule has 1 fully saturated rings. The van der Waals surface area contributed by atoms with Gasteiger partial charge in [0.2, 0.25) is 0 Å². The second-order valence-electron chi connectivity index (χ2n) is 7.30. The molecule has 29 heavy (non-hydrogen) atoms. The Balaban J connectivity index is 1.62. The molecule has 4 aromatic rings. The third kappa shape index (κ3) is 3.17. The summed E-state index contributed by atoms with van der Waals surface area (Å²) in [4.78, 5) is 5.01. The van der Waals surface area contributed by atoms with Crippen LogP contribution in [0.1, 0.15) is 31.5 Å². The van der Waals surface area contributed by atoms with E-state index in [-0.39, 0.29) is 5.75 Å². The largest absolute Gasteiger partial charge is 0.508 e. The Morgan fingerprint density at radius 3 is 2.62 bits per heavy atom. The lowest BCUT2D eigenvalue weighted by Crippen LogP contribution is -2.21. The van der Waals surface area contributed by atoms with Crippen LogP contribution in [-0.2, 0) is 11.2 Å². The molecule has 0 aliphatic carbocycles. The van der Waals surface area contributed by atoms with E-state index in [0.29, 0.717) is 6.04 Å². The standard InChI is InChI=1S/C22H23N5O2/c1-2-19-18-7-8-20(24-22(18)27(25-19)16-10-13-29-14-11-16)21-9-12-23-26(21)15-3-5-17(28)6-4-15/h3-9,12,16,28H,2,10-11,13-14H2,1H3. The van der Waals surface area contributed by atoms with Crippen LogP contribution in [0.3, 0.4) is 0 Å². The summed E-state index contributed by atoms with van der Waals surface area (Å²) in [5, 5.41) is 20.0. The third-order valence-electron chi connectivity index (χ3n) is 5.50. The first-order valence-electron chi connectivity index (χ1n) is 10.0. The minimum absolute atomic E-state index is 0.231. The van der Waals surface area contributed by atoms with Gasteiger partial charge in [-0.15, -0.1) is 0 Å². The minimum atomic E-state index is 0.231. The molecular weight excluding hydrogens is 366 g/mol. The Labute approximate surface area is 168 Å². The van der Waals surface area contributed by atoms with Crippen LogP contribution in [-0.4, -0.2) is 42.9 Å². The predicted octanol–water partition coefficient (Wildman–Crippen LogP) is 3.90. The van der Waals surface area contributed by atoms with Gasteiger partial charge in [0.1, 0.15) is 5.75 Å². The number of fused-ring (bicyclic) bond motifs is 1. The number of phenols is 1. The summed E-state index contributed by atoms with van der Waals surface area (Å²) in [6, 6.07) is 13.4. The summed E-state index contributed by atoms with van der Waals surface area (Å²) in [6.07, 6.45) is 4.55. The Morgan fingerprint density at radius 1 is 1.07 bits per heavy atom. The fourth-order valence-corrected chi connectivity index (χ4v) is 3.96. The summed E-state index contributed by atoms with van der Waals surface area (Å²) in [6.45, 7) is 3.66. The van der Waals surface area contributed by atoms with E-state index in [1.165, 1.54) is 0 Å². The molecule has 1 saturated heterocycles. The van der Waals surface area contributed by atoms with Crippen molar-refractivity contribution >= 4 is 11.0 Å². The van der Waals surface area contributed by atoms with Gasteiger partial charge in [0.25, 0.3) is 0 Å². The first-order valence-corrected chi connectivity index (χ1v) is 10.0. The maximum absolute atomic E-state index is 9.58. The molecule has 0 atom stereocenters. The van der Waals surface area contributed by atoms with Crippen molar-refractivity contribution in [2.75, 3.05) is 13.2 Å². The number of aryl methyl sites for hydroxylation is 1. The van der Waals surface area contributed by atoms with E-state index < -0.39 is 0 Å². The summed E-state index contributed by atoms with van der Waals surface area (Å²) < 4.78 is 9.47. The highest BCUT2D eigenvalue weighted by Gasteiger charge is 2.22. The Hall–Kier alpha value is -3.19. The lowest BCUT2D eigenvalue weighted by Gasteiger charge is -2.22. The highest BCUT2D eigenvalue weighted by molar-refractivity contribution is 5.81. The van der Waals surface area contributed by atoms with Crippen molar-refractivity contribution in [3.8, 4) is 22.8 Å². The third-order valence-corrected chi connectivity index (χ3v) is 5.50. The lowest BCUT2D eigenvalue weighted by molar-refractivity contribution is 0.0672. The molecule has 0 spiro atoms. The number of ether oxygens (including phenoxy) is 1. The molecule has 1 aliphatic heterocycles. The molecule has 3 aromatic heterocycles. The summed E-state index contributed by atoms with van der Waals surface area (Å²) in [7, 11) is 0. The van der Waals surface area contributed by atoms with E-state index in [0.717, 1.165) is 66.3 Å². The van der Waals surface area contributed by atoms with Crippen molar-refractivity contribution in [3.05, 3.63) is 54.4 Å². The summed E-state index contributed by atoms with van der Waals surface area (Å²) in [5.41, 5.74) is 4.62. The van der Waals surface area contributed by atoms with Gasteiger partial charge in [0.15, 0.2) is 5.65 Å². The van der Waals surface area contributed by atoms with Crippen LogP contribution in [0.4, 0.5) is 0 Å². The van der Waals surface area contributed by atoms with Gasteiger partial charge in [-0.1, -0.05) is 6.92 Å². The van der Waals surface area contributed by atoms with Crippen molar-refractivity contribution in [2.45, 2.75) is 32.2 Å². The second-order valence-corrected chi connectivity index (χ2v) is 7.30. The normalized spacial score (nSPS) is 15.2. The Kier molecular flexibility index (Phi) is 4.52. The molecule has 1 aromatic carbocycles. The molecule has 7 nitrogen and oxygen atoms in total. The molecule has 0 radical (unpaired) electrons. The molecule has 0 unspecified atom stereocenters. The summed E-state index contributed by atoms with van der Waals surface area (Å²) >= 11 is 0. The average Bonchev–Trinajstić information content (AvgIpc) is 3.39. The number of hydrogen-bond donors (Lipinski definition) is 1. The number of aromatic nitrogens is 5. The maximum atomic E-state index is 9.58. The van der Waals surface area contributed by atoms with E-state index in [4.69, 9.17) is 14.8 Å². The zero-order chi connectivity index (χ0) is 19.8. The van der Waals surface area contributed by atoms with Crippen molar-refractivity contribution in [1.82, 2.24) is 24.5 Å². The van der Waals surface area contributed by atoms with Crippen molar-refractivity contribution in [3.63, 3.8) is 0 Å². The van der Waals surface area contributed by atoms with Crippen LogP contribution in [0, 0.1) is 0 Å². The van der Waals surface area contributed by atoms with Crippen LogP contribution < -0.4 is 0 Å². The van der Waals surface area contributed by atoms with Crippen molar-refractivity contribution < 1.29 is 9.84 Å². The zero-order valence-corrected chi connectivity index (χ0v) is 16.3.